The van der Waals surface area contributed by atoms with Crippen LogP contribution in [0.15, 0.2) is 12.4 Å². The van der Waals surface area contributed by atoms with E-state index in [1.54, 1.807) is 6.33 Å². The van der Waals surface area contributed by atoms with E-state index in [0.29, 0.717) is 5.41 Å². The van der Waals surface area contributed by atoms with E-state index in [1.807, 2.05) is 0 Å². The first-order valence-corrected chi connectivity index (χ1v) is 8.24. The molecule has 0 bridgehead atoms. The normalized spacial score (nSPS) is 29.5. The zero-order chi connectivity index (χ0) is 14.1. The van der Waals surface area contributed by atoms with Crippen LogP contribution in [0.1, 0.15) is 32.1 Å². The number of hydrogen-bond donors (Lipinski definition) is 0. The van der Waals surface area contributed by atoms with Crippen molar-refractivity contribution in [3.05, 3.63) is 12.4 Å². The van der Waals surface area contributed by atoms with Crippen molar-refractivity contribution in [1.82, 2.24) is 9.97 Å². The Morgan fingerprint density at radius 2 is 1.76 bits per heavy atom. The Morgan fingerprint density at radius 1 is 0.952 bits per heavy atom. The molecule has 4 heterocycles. The van der Waals surface area contributed by atoms with Gasteiger partial charge in [-0.05, 0) is 32.1 Å². The number of ether oxygens (including phenoxy) is 1. The summed E-state index contributed by atoms with van der Waals surface area (Å²) in [5.74, 6) is 2.19. The lowest BCUT2D eigenvalue weighted by Gasteiger charge is -2.33. The van der Waals surface area contributed by atoms with Gasteiger partial charge in [0.25, 0.3) is 0 Å². The van der Waals surface area contributed by atoms with Crippen molar-refractivity contribution < 1.29 is 4.74 Å². The third-order valence-corrected chi connectivity index (χ3v) is 5.23. The highest BCUT2D eigenvalue weighted by atomic mass is 16.5. The molecule has 3 fully saturated rings. The number of anilines is 2. The van der Waals surface area contributed by atoms with E-state index in [-0.39, 0.29) is 0 Å². The van der Waals surface area contributed by atoms with Crippen molar-refractivity contribution in [3.8, 4) is 0 Å². The number of aromatic nitrogens is 2. The summed E-state index contributed by atoms with van der Waals surface area (Å²) in [7, 11) is 0. The van der Waals surface area contributed by atoms with Gasteiger partial charge in [0.15, 0.2) is 0 Å². The second kappa shape index (κ2) is 5.44. The summed E-state index contributed by atoms with van der Waals surface area (Å²) in [5.41, 5.74) is 0.372. The molecule has 3 saturated heterocycles. The molecule has 0 N–H and O–H groups in total. The van der Waals surface area contributed by atoms with E-state index in [1.165, 1.54) is 32.1 Å². The first kappa shape index (κ1) is 13.3. The molecule has 3 aliphatic rings. The van der Waals surface area contributed by atoms with Gasteiger partial charge < -0.3 is 14.5 Å². The molecule has 1 aromatic rings. The van der Waals surface area contributed by atoms with E-state index in [9.17, 15) is 0 Å². The molecule has 5 nitrogen and oxygen atoms in total. The smallest absolute Gasteiger partial charge is 0.134 e. The highest BCUT2D eigenvalue weighted by Crippen LogP contribution is 2.39. The average molecular weight is 288 g/mol. The van der Waals surface area contributed by atoms with Crippen molar-refractivity contribution in [2.75, 3.05) is 49.2 Å². The fraction of sp³-hybridized carbons (Fsp3) is 0.750. The van der Waals surface area contributed by atoms with E-state index in [0.717, 1.165) is 51.0 Å². The van der Waals surface area contributed by atoms with Crippen LogP contribution in [-0.2, 0) is 4.74 Å². The molecule has 3 aliphatic heterocycles. The number of nitrogens with zero attached hydrogens (tertiary/aromatic N) is 4. The van der Waals surface area contributed by atoms with Crippen LogP contribution in [0.2, 0.25) is 0 Å². The van der Waals surface area contributed by atoms with Crippen LogP contribution in [0.25, 0.3) is 0 Å². The zero-order valence-corrected chi connectivity index (χ0v) is 12.6. The molecule has 1 aromatic heterocycles. The molecular weight excluding hydrogens is 264 g/mol. The summed E-state index contributed by atoms with van der Waals surface area (Å²) in [6.07, 6.45) is 8.03. The van der Waals surface area contributed by atoms with Gasteiger partial charge in [-0.1, -0.05) is 0 Å². The van der Waals surface area contributed by atoms with Gasteiger partial charge in [-0.25, -0.2) is 9.97 Å². The summed E-state index contributed by atoms with van der Waals surface area (Å²) < 4.78 is 5.73. The Kier molecular flexibility index (Phi) is 3.45. The lowest BCUT2D eigenvalue weighted by molar-refractivity contribution is 0.00437. The van der Waals surface area contributed by atoms with Gasteiger partial charge in [0, 0.05) is 44.3 Å². The van der Waals surface area contributed by atoms with Crippen molar-refractivity contribution in [1.29, 1.82) is 0 Å². The van der Waals surface area contributed by atoms with Gasteiger partial charge in [-0.2, -0.15) is 0 Å². The first-order valence-electron chi connectivity index (χ1n) is 8.24. The van der Waals surface area contributed by atoms with Crippen LogP contribution in [0.5, 0.6) is 0 Å². The van der Waals surface area contributed by atoms with Crippen LogP contribution < -0.4 is 9.80 Å². The predicted octanol–water partition coefficient (Wildman–Crippen LogP) is 2.08. The molecule has 114 valence electrons. The molecule has 1 spiro atoms. The monoisotopic (exact) mass is 288 g/mol. The van der Waals surface area contributed by atoms with Crippen molar-refractivity contribution >= 4 is 11.6 Å². The summed E-state index contributed by atoms with van der Waals surface area (Å²) >= 11 is 0. The van der Waals surface area contributed by atoms with Crippen molar-refractivity contribution in [2.45, 2.75) is 32.1 Å². The average Bonchev–Trinajstić information content (AvgIpc) is 3.19. The molecule has 1 atom stereocenters. The van der Waals surface area contributed by atoms with Gasteiger partial charge >= 0.3 is 0 Å². The fourth-order valence-electron chi connectivity index (χ4n) is 3.99. The summed E-state index contributed by atoms with van der Waals surface area (Å²) in [5, 5.41) is 0. The number of rotatable bonds is 2. The van der Waals surface area contributed by atoms with Crippen LogP contribution in [0, 0.1) is 5.41 Å². The third kappa shape index (κ3) is 2.59. The lowest BCUT2D eigenvalue weighted by Crippen LogP contribution is -2.35. The Labute approximate surface area is 126 Å². The maximum absolute atomic E-state index is 5.73. The van der Waals surface area contributed by atoms with Crippen molar-refractivity contribution in [3.63, 3.8) is 0 Å². The molecule has 5 heteroatoms. The standard InChI is InChI=1S/C16H24N4O/c1-2-7-19(6-1)14-10-15(18-13-17-14)20-8-5-16(11-20)4-3-9-21-12-16/h10,13H,1-9,11-12H2. The molecule has 0 aliphatic carbocycles. The summed E-state index contributed by atoms with van der Waals surface area (Å²) in [6.45, 7) is 6.31. The predicted molar refractivity (Wildman–Crippen MR) is 82.8 cm³/mol. The Morgan fingerprint density at radius 3 is 2.52 bits per heavy atom. The largest absolute Gasteiger partial charge is 0.381 e. The van der Waals surface area contributed by atoms with Crippen LogP contribution >= 0.6 is 0 Å². The van der Waals surface area contributed by atoms with E-state index < -0.39 is 0 Å². The minimum absolute atomic E-state index is 0.372. The molecule has 21 heavy (non-hydrogen) atoms. The van der Waals surface area contributed by atoms with Gasteiger partial charge in [0.1, 0.15) is 18.0 Å². The minimum Gasteiger partial charge on any atom is -0.381 e. The molecule has 0 radical (unpaired) electrons. The molecule has 0 saturated carbocycles. The van der Waals surface area contributed by atoms with Gasteiger partial charge in [0.2, 0.25) is 0 Å². The van der Waals surface area contributed by atoms with Crippen LogP contribution in [-0.4, -0.2) is 49.4 Å². The van der Waals surface area contributed by atoms with Gasteiger partial charge in [-0.15, -0.1) is 0 Å². The minimum atomic E-state index is 0.372. The SMILES string of the molecule is c1nc(N2CCCC2)cc(N2CCC3(CCCOC3)C2)n1. The molecule has 1 unspecified atom stereocenters. The third-order valence-electron chi connectivity index (χ3n) is 5.23. The molecular formula is C16H24N4O. The van der Waals surface area contributed by atoms with Gasteiger partial charge in [0.05, 0.1) is 6.61 Å². The van der Waals surface area contributed by atoms with E-state index >= 15 is 0 Å². The Bertz CT molecular complexity index is 495. The highest BCUT2D eigenvalue weighted by molar-refractivity contribution is 5.51. The van der Waals surface area contributed by atoms with Gasteiger partial charge in [-0.3, -0.25) is 0 Å². The second-order valence-corrected chi connectivity index (χ2v) is 6.76. The molecule has 0 aromatic carbocycles. The maximum Gasteiger partial charge on any atom is 0.134 e. The highest BCUT2D eigenvalue weighted by Gasteiger charge is 2.40. The zero-order valence-electron chi connectivity index (χ0n) is 12.6. The maximum atomic E-state index is 5.73. The topological polar surface area (TPSA) is 41.5 Å². The van der Waals surface area contributed by atoms with Crippen LogP contribution in [0.3, 0.4) is 0 Å². The van der Waals surface area contributed by atoms with E-state index in [2.05, 4.69) is 25.8 Å². The fourth-order valence-corrected chi connectivity index (χ4v) is 3.99. The Balaban J connectivity index is 1.50. The van der Waals surface area contributed by atoms with E-state index in [4.69, 9.17) is 4.74 Å². The second-order valence-electron chi connectivity index (χ2n) is 6.76. The molecule has 0 amide bonds. The van der Waals surface area contributed by atoms with Crippen molar-refractivity contribution in [2.24, 2.45) is 5.41 Å². The quantitative estimate of drug-likeness (QED) is 0.833. The van der Waals surface area contributed by atoms with Crippen LogP contribution in [0.4, 0.5) is 11.6 Å². The summed E-state index contributed by atoms with van der Waals surface area (Å²) in [6, 6.07) is 2.17. The first-order chi connectivity index (χ1) is 10.3. The number of hydrogen-bond acceptors (Lipinski definition) is 5. The molecule has 4 rings (SSSR count). The Hall–Kier alpha value is -1.36. The lowest BCUT2D eigenvalue weighted by atomic mass is 9.82. The summed E-state index contributed by atoms with van der Waals surface area (Å²) in [4.78, 5) is 13.8.